The highest BCUT2D eigenvalue weighted by Crippen LogP contribution is 1.75. The van der Waals surface area contributed by atoms with E-state index in [1.54, 1.807) is 0 Å². The minimum atomic E-state index is -0.718. The summed E-state index contributed by atoms with van der Waals surface area (Å²) in [5, 5.41) is 13.7. The molecule has 0 rings (SSSR count). The summed E-state index contributed by atoms with van der Waals surface area (Å²) in [5.41, 5.74) is 0. The zero-order chi connectivity index (χ0) is 8.69. The first-order valence-corrected chi connectivity index (χ1v) is 3.26. The van der Waals surface area contributed by atoms with Gasteiger partial charge in [-0.25, -0.2) is 0 Å². The van der Waals surface area contributed by atoms with Crippen LogP contribution in [0.5, 0.6) is 0 Å². The first kappa shape index (κ1) is 9.90. The van der Waals surface area contributed by atoms with E-state index in [9.17, 15) is 9.59 Å². The van der Waals surface area contributed by atoms with Gasteiger partial charge < -0.3 is 15.7 Å². The zero-order valence-corrected chi connectivity index (χ0v) is 6.33. The molecule has 0 spiro atoms. The Hall–Kier alpha value is -1.10. The number of aliphatic hydroxyl groups excluding tert-OH is 1. The monoisotopic (exact) mass is 160 g/mol. The number of aliphatic hydroxyl groups is 1. The summed E-state index contributed by atoms with van der Waals surface area (Å²) in [6, 6.07) is 0. The molecule has 0 radical (unpaired) electrons. The van der Waals surface area contributed by atoms with Crippen molar-refractivity contribution < 1.29 is 14.7 Å². The molecule has 5 nitrogen and oxygen atoms in total. The van der Waals surface area contributed by atoms with Gasteiger partial charge in [0.2, 0.25) is 12.3 Å². The lowest BCUT2D eigenvalue weighted by Crippen LogP contribution is -2.36. The Morgan fingerprint density at radius 3 is 2.73 bits per heavy atom. The first-order chi connectivity index (χ1) is 5.16. The molecule has 0 aliphatic carbocycles. The Balaban J connectivity index is 3.28. The van der Waals surface area contributed by atoms with Gasteiger partial charge in [-0.15, -0.1) is 0 Å². The van der Waals surface area contributed by atoms with Gasteiger partial charge in [0.25, 0.3) is 0 Å². The predicted molar refractivity (Wildman–Crippen MR) is 38.8 cm³/mol. The second-order valence-corrected chi connectivity index (χ2v) is 2.12. The van der Waals surface area contributed by atoms with Crippen LogP contribution in [0.25, 0.3) is 0 Å². The van der Waals surface area contributed by atoms with Crippen molar-refractivity contribution in [3.8, 4) is 0 Å². The lowest BCUT2D eigenvalue weighted by atomic mass is 10.3. The Morgan fingerprint density at radius 1 is 1.64 bits per heavy atom. The van der Waals surface area contributed by atoms with Gasteiger partial charge in [0.15, 0.2) is 0 Å². The van der Waals surface area contributed by atoms with Crippen molar-refractivity contribution in [2.24, 2.45) is 0 Å². The van der Waals surface area contributed by atoms with Crippen LogP contribution in [0.1, 0.15) is 6.92 Å². The number of carbonyl (C=O) groups excluding carboxylic acids is 2. The SMILES string of the molecule is CC(=O)NCC(O)CNC=O. The molecule has 64 valence electrons. The molecule has 0 aromatic heterocycles. The summed E-state index contributed by atoms with van der Waals surface area (Å²) in [4.78, 5) is 20.0. The van der Waals surface area contributed by atoms with Crippen molar-refractivity contribution in [3.63, 3.8) is 0 Å². The molecule has 2 amide bonds. The van der Waals surface area contributed by atoms with Gasteiger partial charge in [0, 0.05) is 20.0 Å². The Morgan fingerprint density at radius 2 is 2.27 bits per heavy atom. The minimum Gasteiger partial charge on any atom is -0.389 e. The van der Waals surface area contributed by atoms with Crippen LogP contribution in [0.4, 0.5) is 0 Å². The van der Waals surface area contributed by atoms with E-state index in [2.05, 4.69) is 10.6 Å². The van der Waals surface area contributed by atoms with Crippen LogP contribution in [-0.4, -0.2) is 36.6 Å². The van der Waals surface area contributed by atoms with E-state index in [1.165, 1.54) is 6.92 Å². The Bertz CT molecular complexity index is 138. The molecule has 11 heavy (non-hydrogen) atoms. The van der Waals surface area contributed by atoms with Gasteiger partial charge in [-0.05, 0) is 0 Å². The Kier molecular flexibility index (Phi) is 5.10. The molecule has 0 saturated heterocycles. The van der Waals surface area contributed by atoms with Crippen LogP contribution < -0.4 is 10.6 Å². The van der Waals surface area contributed by atoms with E-state index in [0.717, 1.165) is 0 Å². The van der Waals surface area contributed by atoms with Crippen LogP contribution in [0, 0.1) is 0 Å². The van der Waals surface area contributed by atoms with E-state index >= 15 is 0 Å². The summed E-state index contributed by atoms with van der Waals surface area (Å²) in [6.07, 6.45) is -0.221. The fraction of sp³-hybridized carbons (Fsp3) is 0.667. The maximum Gasteiger partial charge on any atom is 0.216 e. The summed E-state index contributed by atoms with van der Waals surface area (Å²) in [6.45, 7) is 1.68. The molecule has 0 aliphatic rings. The average Bonchev–Trinajstić information content (AvgIpc) is 1.97. The number of rotatable bonds is 5. The average molecular weight is 160 g/mol. The van der Waals surface area contributed by atoms with Crippen LogP contribution in [0.15, 0.2) is 0 Å². The van der Waals surface area contributed by atoms with Crippen LogP contribution in [0.3, 0.4) is 0 Å². The van der Waals surface area contributed by atoms with Gasteiger partial charge in [0.1, 0.15) is 0 Å². The molecule has 0 heterocycles. The molecule has 0 aromatic carbocycles. The highest BCUT2D eigenvalue weighted by atomic mass is 16.3. The maximum atomic E-state index is 10.3. The van der Waals surface area contributed by atoms with Crippen molar-refractivity contribution in [2.45, 2.75) is 13.0 Å². The predicted octanol–water partition coefficient (Wildman–Crippen LogP) is -1.77. The lowest BCUT2D eigenvalue weighted by Gasteiger charge is -2.08. The molecule has 1 unspecified atom stereocenters. The molecule has 5 heteroatoms. The van der Waals surface area contributed by atoms with Crippen LogP contribution >= 0.6 is 0 Å². The minimum absolute atomic E-state index is 0.157. The molecule has 3 N–H and O–H groups in total. The number of nitrogens with one attached hydrogen (secondary N) is 2. The van der Waals surface area contributed by atoms with E-state index < -0.39 is 6.10 Å². The molecule has 0 fully saturated rings. The third-order valence-electron chi connectivity index (χ3n) is 1.02. The van der Waals surface area contributed by atoms with E-state index in [0.29, 0.717) is 6.41 Å². The van der Waals surface area contributed by atoms with E-state index in [4.69, 9.17) is 5.11 Å². The first-order valence-electron chi connectivity index (χ1n) is 3.26. The van der Waals surface area contributed by atoms with Crippen molar-refractivity contribution in [1.29, 1.82) is 0 Å². The van der Waals surface area contributed by atoms with Gasteiger partial charge in [-0.2, -0.15) is 0 Å². The summed E-state index contributed by atoms with van der Waals surface area (Å²) in [7, 11) is 0. The quantitative estimate of drug-likeness (QED) is 0.416. The maximum absolute atomic E-state index is 10.3. The molecular weight excluding hydrogens is 148 g/mol. The third-order valence-corrected chi connectivity index (χ3v) is 1.02. The fourth-order valence-corrected chi connectivity index (χ4v) is 0.518. The number of amides is 2. The zero-order valence-electron chi connectivity index (χ0n) is 6.33. The number of hydrogen-bond acceptors (Lipinski definition) is 3. The molecule has 1 atom stereocenters. The summed E-state index contributed by atoms with van der Waals surface area (Å²) in [5.74, 6) is -0.199. The van der Waals surface area contributed by atoms with Crippen LogP contribution in [-0.2, 0) is 9.59 Å². The second kappa shape index (κ2) is 5.67. The number of hydrogen-bond donors (Lipinski definition) is 3. The highest BCUT2D eigenvalue weighted by Gasteiger charge is 2.02. The topological polar surface area (TPSA) is 78.4 Å². The van der Waals surface area contributed by atoms with Crippen molar-refractivity contribution in [3.05, 3.63) is 0 Å². The fourth-order valence-electron chi connectivity index (χ4n) is 0.518. The second-order valence-electron chi connectivity index (χ2n) is 2.12. The van der Waals surface area contributed by atoms with Gasteiger partial charge >= 0.3 is 0 Å². The van der Waals surface area contributed by atoms with Crippen molar-refractivity contribution in [2.75, 3.05) is 13.1 Å². The van der Waals surface area contributed by atoms with Crippen molar-refractivity contribution >= 4 is 12.3 Å². The van der Waals surface area contributed by atoms with E-state index in [1.807, 2.05) is 0 Å². The van der Waals surface area contributed by atoms with Gasteiger partial charge in [-0.3, -0.25) is 9.59 Å². The largest absolute Gasteiger partial charge is 0.389 e. The standard InChI is InChI=1S/C6H12N2O3/c1-5(10)8-3-6(11)2-7-4-9/h4,6,11H,2-3H2,1H3,(H,7,9)(H,8,10). The Labute approximate surface area is 64.8 Å². The molecule has 0 saturated carbocycles. The third kappa shape index (κ3) is 6.79. The molecule has 0 aliphatic heterocycles. The summed E-state index contributed by atoms with van der Waals surface area (Å²) >= 11 is 0. The summed E-state index contributed by atoms with van der Waals surface area (Å²) < 4.78 is 0. The normalized spacial score (nSPS) is 11.8. The molecular formula is C6H12N2O3. The lowest BCUT2D eigenvalue weighted by molar-refractivity contribution is -0.119. The number of carbonyl (C=O) groups is 2. The smallest absolute Gasteiger partial charge is 0.216 e. The van der Waals surface area contributed by atoms with Crippen molar-refractivity contribution in [1.82, 2.24) is 10.6 Å². The molecule has 0 aromatic rings. The highest BCUT2D eigenvalue weighted by molar-refractivity contribution is 5.72. The molecule has 0 bridgehead atoms. The van der Waals surface area contributed by atoms with Crippen LogP contribution in [0.2, 0.25) is 0 Å². The van der Waals surface area contributed by atoms with E-state index in [-0.39, 0.29) is 19.0 Å². The van der Waals surface area contributed by atoms with Gasteiger partial charge in [0.05, 0.1) is 6.10 Å². The van der Waals surface area contributed by atoms with Gasteiger partial charge in [-0.1, -0.05) is 0 Å².